The largest absolute Gasteiger partial charge is 0.227 e. The van der Waals surface area contributed by atoms with Gasteiger partial charge in [-0.1, -0.05) is 26.2 Å². The van der Waals surface area contributed by atoms with Crippen LogP contribution < -0.4 is 0 Å². The van der Waals surface area contributed by atoms with Crippen molar-refractivity contribution in [3.05, 3.63) is 5.82 Å². The van der Waals surface area contributed by atoms with E-state index in [1.807, 2.05) is 0 Å². The van der Waals surface area contributed by atoms with E-state index in [0.29, 0.717) is 6.04 Å². The summed E-state index contributed by atoms with van der Waals surface area (Å²) in [5.41, 5.74) is 0. The molecule has 1 aromatic heterocycles. The standard InChI is InChI=1S/C10H18N4/c1-2-6-10-11-12-13-14(10)9-7-4-3-5-8-9/h9H,2-8H2,1H3. The van der Waals surface area contributed by atoms with E-state index in [9.17, 15) is 0 Å². The third-order valence-corrected chi connectivity index (χ3v) is 2.96. The first kappa shape index (κ1) is 9.62. The molecule has 1 fully saturated rings. The minimum atomic E-state index is 0.570. The van der Waals surface area contributed by atoms with Crippen molar-refractivity contribution in [3.63, 3.8) is 0 Å². The van der Waals surface area contributed by atoms with Gasteiger partial charge in [0.05, 0.1) is 6.04 Å². The normalized spacial score (nSPS) is 18.6. The zero-order chi connectivity index (χ0) is 9.80. The predicted octanol–water partition coefficient (Wildman–Crippen LogP) is 2.13. The van der Waals surface area contributed by atoms with E-state index in [2.05, 4.69) is 27.1 Å². The quantitative estimate of drug-likeness (QED) is 0.740. The summed E-state index contributed by atoms with van der Waals surface area (Å²) >= 11 is 0. The van der Waals surface area contributed by atoms with Crippen LogP contribution in [-0.2, 0) is 6.42 Å². The fourth-order valence-corrected chi connectivity index (χ4v) is 2.21. The van der Waals surface area contributed by atoms with Gasteiger partial charge in [0.25, 0.3) is 0 Å². The van der Waals surface area contributed by atoms with Gasteiger partial charge in [-0.3, -0.25) is 0 Å². The molecule has 4 nitrogen and oxygen atoms in total. The molecule has 0 N–H and O–H groups in total. The SMILES string of the molecule is CCCc1nnnn1C1CCCCC1. The lowest BCUT2D eigenvalue weighted by Crippen LogP contribution is -2.16. The van der Waals surface area contributed by atoms with Crippen LogP contribution in [0.4, 0.5) is 0 Å². The predicted molar refractivity (Wildman–Crippen MR) is 53.9 cm³/mol. The Labute approximate surface area is 84.7 Å². The molecule has 78 valence electrons. The number of tetrazole rings is 1. The van der Waals surface area contributed by atoms with E-state index in [0.717, 1.165) is 18.7 Å². The molecule has 1 saturated carbocycles. The van der Waals surface area contributed by atoms with E-state index in [1.54, 1.807) is 0 Å². The average molecular weight is 194 g/mol. The van der Waals surface area contributed by atoms with Crippen molar-refractivity contribution in [2.24, 2.45) is 0 Å². The first-order valence-corrected chi connectivity index (χ1v) is 5.68. The number of rotatable bonds is 3. The fraction of sp³-hybridized carbons (Fsp3) is 0.900. The van der Waals surface area contributed by atoms with Gasteiger partial charge < -0.3 is 0 Å². The van der Waals surface area contributed by atoms with Gasteiger partial charge >= 0.3 is 0 Å². The van der Waals surface area contributed by atoms with Crippen LogP contribution in [0.5, 0.6) is 0 Å². The van der Waals surface area contributed by atoms with Crippen molar-refractivity contribution in [1.29, 1.82) is 0 Å². The fourth-order valence-electron chi connectivity index (χ4n) is 2.21. The number of aromatic nitrogens is 4. The van der Waals surface area contributed by atoms with Gasteiger partial charge in [-0.15, -0.1) is 5.10 Å². The highest BCUT2D eigenvalue weighted by Crippen LogP contribution is 2.27. The van der Waals surface area contributed by atoms with Crippen LogP contribution >= 0.6 is 0 Å². The Morgan fingerprint density at radius 1 is 1.29 bits per heavy atom. The Hall–Kier alpha value is -0.930. The number of hydrogen-bond donors (Lipinski definition) is 0. The molecule has 0 saturated heterocycles. The summed E-state index contributed by atoms with van der Waals surface area (Å²) in [7, 11) is 0. The Morgan fingerprint density at radius 3 is 2.79 bits per heavy atom. The van der Waals surface area contributed by atoms with Crippen molar-refractivity contribution >= 4 is 0 Å². The molecule has 0 unspecified atom stereocenters. The smallest absolute Gasteiger partial charge is 0.151 e. The highest BCUT2D eigenvalue weighted by Gasteiger charge is 2.19. The second kappa shape index (κ2) is 4.53. The van der Waals surface area contributed by atoms with Gasteiger partial charge in [-0.25, -0.2) is 4.68 Å². The molecule has 1 aromatic rings. The zero-order valence-corrected chi connectivity index (χ0v) is 8.82. The third-order valence-electron chi connectivity index (χ3n) is 2.96. The second-order valence-electron chi connectivity index (χ2n) is 4.08. The lowest BCUT2D eigenvalue weighted by molar-refractivity contribution is 0.316. The van der Waals surface area contributed by atoms with E-state index >= 15 is 0 Å². The molecule has 0 atom stereocenters. The van der Waals surface area contributed by atoms with Crippen molar-refractivity contribution in [2.75, 3.05) is 0 Å². The molecule has 1 heterocycles. The summed E-state index contributed by atoms with van der Waals surface area (Å²) in [6.07, 6.45) is 8.66. The maximum absolute atomic E-state index is 4.11. The van der Waals surface area contributed by atoms with Crippen LogP contribution in [0.1, 0.15) is 57.3 Å². The minimum Gasteiger partial charge on any atom is -0.227 e. The first-order valence-electron chi connectivity index (χ1n) is 5.68. The number of nitrogens with zero attached hydrogens (tertiary/aromatic N) is 4. The van der Waals surface area contributed by atoms with E-state index in [-0.39, 0.29) is 0 Å². The second-order valence-corrected chi connectivity index (χ2v) is 4.08. The highest BCUT2D eigenvalue weighted by molar-refractivity contribution is 4.85. The monoisotopic (exact) mass is 194 g/mol. The maximum Gasteiger partial charge on any atom is 0.151 e. The molecule has 0 bridgehead atoms. The Bertz CT molecular complexity index is 275. The van der Waals surface area contributed by atoms with Gasteiger partial charge in [0.2, 0.25) is 0 Å². The van der Waals surface area contributed by atoms with Crippen LogP contribution in [0.3, 0.4) is 0 Å². The molecule has 0 aromatic carbocycles. The summed E-state index contributed by atoms with van der Waals surface area (Å²) in [6.45, 7) is 2.17. The Balaban J connectivity index is 2.09. The minimum absolute atomic E-state index is 0.570. The topological polar surface area (TPSA) is 43.6 Å². The Kier molecular flexibility index (Phi) is 3.11. The molecule has 0 radical (unpaired) electrons. The van der Waals surface area contributed by atoms with Crippen molar-refractivity contribution in [3.8, 4) is 0 Å². The molecule has 1 aliphatic carbocycles. The average Bonchev–Trinajstić information content (AvgIpc) is 2.68. The summed E-state index contributed by atoms with van der Waals surface area (Å²) in [5.74, 6) is 1.07. The lowest BCUT2D eigenvalue weighted by Gasteiger charge is -2.22. The summed E-state index contributed by atoms with van der Waals surface area (Å²) in [4.78, 5) is 0. The van der Waals surface area contributed by atoms with Gasteiger partial charge in [0.1, 0.15) is 0 Å². The van der Waals surface area contributed by atoms with Gasteiger partial charge in [-0.05, 0) is 29.7 Å². The van der Waals surface area contributed by atoms with Crippen LogP contribution in [-0.4, -0.2) is 20.2 Å². The van der Waals surface area contributed by atoms with Gasteiger partial charge in [0.15, 0.2) is 5.82 Å². The molecule has 2 rings (SSSR count). The van der Waals surface area contributed by atoms with E-state index in [1.165, 1.54) is 32.1 Å². The molecule has 0 amide bonds. The molecular weight excluding hydrogens is 176 g/mol. The van der Waals surface area contributed by atoms with Crippen LogP contribution in [0.2, 0.25) is 0 Å². The van der Waals surface area contributed by atoms with E-state index < -0.39 is 0 Å². The number of aryl methyl sites for hydroxylation is 1. The van der Waals surface area contributed by atoms with Crippen molar-refractivity contribution < 1.29 is 0 Å². The zero-order valence-electron chi connectivity index (χ0n) is 8.82. The molecule has 0 spiro atoms. The molecule has 14 heavy (non-hydrogen) atoms. The Morgan fingerprint density at radius 2 is 2.07 bits per heavy atom. The summed E-state index contributed by atoms with van der Waals surface area (Å²) in [6, 6.07) is 0.570. The van der Waals surface area contributed by atoms with Gasteiger partial charge in [0, 0.05) is 6.42 Å². The first-order chi connectivity index (χ1) is 6.92. The van der Waals surface area contributed by atoms with E-state index in [4.69, 9.17) is 0 Å². The summed E-state index contributed by atoms with van der Waals surface area (Å²) < 4.78 is 2.06. The lowest BCUT2D eigenvalue weighted by atomic mass is 9.95. The van der Waals surface area contributed by atoms with Crippen molar-refractivity contribution in [2.45, 2.75) is 57.9 Å². The highest BCUT2D eigenvalue weighted by atomic mass is 15.5. The van der Waals surface area contributed by atoms with Gasteiger partial charge in [-0.2, -0.15) is 0 Å². The molecule has 1 aliphatic rings. The van der Waals surface area contributed by atoms with Crippen molar-refractivity contribution in [1.82, 2.24) is 20.2 Å². The molecule has 4 heteroatoms. The molecular formula is C10H18N4. The van der Waals surface area contributed by atoms with Crippen LogP contribution in [0, 0.1) is 0 Å². The number of hydrogen-bond acceptors (Lipinski definition) is 3. The molecule has 0 aliphatic heterocycles. The summed E-state index contributed by atoms with van der Waals surface area (Å²) in [5, 5.41) is 12.0. The third kappa shape index (κ3) is 1.94. The maximum atomic E-state index is 4.11. The van der Waals surface area contributed by atoms with Crippen LogP contribution in [0.25, 0.3) is 0 Å². The van der Waals surface area contributed by atoms with Crippen LogP contribution in [0.15, 0.2) is 0 Å².